The summed E-state index contributed by atoms with van der Waals surface area (Å²) in [5.41, 5.74) is 0.525. The van der Waals surface area contributed by atoms with E-state index in [9.17, 15) is 19.2 Å². The van der Waals surface area contributed by atoms with Gasteiger partial charge in [0.05, 0.1) is 12.8 Å². The lowest BCUT2D eigenvalue weighted by molar-refractivity contribution is -0.151. The van der Waals surface area contributed by atoms with Crippen LogP contribution in [0.5, 0.6) is 0 Å². The van der Waals surface area contributed by atoms with Crippen molar-refractivity contribution in [2.45, 2.75) is 59.9 Å². The van der Waals surface area contributed by atoms with Gasteiger partial charge in [0.2, 0.25) is 0 Å². The van der Waals surface area contributed by atoms with Gasteiger partial charge in [-0.25, -0.2) is 9.59 Å². The largest absolute Gasteiger partial charge is 0.500 e. The van der Waals surface area contributed by atoms with Crippen molar-refractivity contribution in [3.8, 4) is 0 Å². The second-order valence-electron chi connectivity index (χ2n) is 8.70. The van der Waals surface area contributed by atoms with Crippen LogP contribution in [-0.4, -0.2) is 103 Å². The predicted molar refractivity (Wildman–Crippen MR) is 149 cm³/mol. The lowest BCUT2D eigenvalue weighted by Gasteiger charge is -2.29. The number of carbonyl (C=O) groups excluding carboxylic acids is 4. The van der Waals surface area contributed by atoms with Crippen LogP contribution >= 0.6 is 0 Å². The van der Waals surface area contributed by atoms with Crippen LogP contribution in [0.2, 0.25) is 6.04 Å². The van der Waals surface area contributed by atoms with Crippen molar-refractivity contribution in [1.29, 1.82) is 0 Å². The maximum atomic E-state index is 12.2. The summed E-state index contributed by atoms with van der Waals surface area (Å²) in [5.74, 6) is -2.01. The fourth-order valence-corrected chi connectivity index (χ4v) is 5.92. The predicted octanol–water partition coefficient (Wildman–Crippen LogP) is 2.83. The number of esters is 4. The van der Waals surface area contributed by atoms with Crippen LogP contribution in [0.1, 0.15) is 53.9 Å². The zero-order chi connectivity index (χ0) is 30.4. The topological polar surface area (TPSA) is 136 Å². The molecular formula is C27H47NO11Si. The molecule has 230 valence electrons. The van der Waals surface area contributed by atoms with E-state index in [0.29, 0.717) is 51.9 Å². The summed E-state index contributed by atoms with van der Waals surface area (Å²) in [6, 6.07) is 0.579. The quantitative estimate of drug-likeness (QED) is 0.0538. The molecule has 0 N–H and O–H groups in total. The molecule has 0 atom stereocenters. The molecule has 0 aromatic heterocycles. The number of rotatable bonds is 24. The number of hydrogen-bond donors (Lipinski definition) is 0. The van der Waals surface area contributed by atoms with Crippen molar-refractivity contribution < 1.29 is 51.4 Å². The lowest BCUT2D eigenvalue weighted by atomic mass is 10.3. The highest BCUT2D eigenvalue weighted by atomic mass is 28.4. The standard InChI is InChI=1S/C27H47NO11Si/c1-8-37-40(38-9-2,39-10-3)21-11-14-28(15-12-24(29)33-17-19-35-26(31)22(4)5)16-13-25(30)34-18-20-36-27(32)23(6)7/h4,6,8-21H2,1-3,5,7H3. The minimum Gasteiger partial charge on any atom is -0.462 e. The second-order valence-corrected chi connectivity index (χ2v) is 11.4. The highest BCUT2D eigenvalue weighted by Crippen LogP contribution is 2.19. The van der Waals surface area contributed by atoms with Gasteiger partial charge >= 0.3 is 32.7 Å². The molecule has 0 aliphatic carbocycles. The molecule has 40 heavy (non-hydrogen) atoms. The number of nitrogens with zero attached hydrogens (tertiary/aromatic N) is 1. The molecule has 13 heteroatoms. The van der Waals surface area contributed by atoms with Crippen LogP contribution in [0.15, 0.2) is 24.3 Å². The molecule has 0 saturated carbocycles. The molecule has 0 heterocycles. The molecule has 0 fully saturated rings. The Hall–Kier alpha value is -2.58. The Bertz CT molecular complexity index is 751. The Balaban J connectivity index is 4.89. The van der Waals surface area contributed by atoms with Crippen LogP contribution in [0, 0.1) is 0 Å². The van der Waals surface area contributed by atoms with Gasteiger partial charge < -0.3 is 37.1 Å². The molecular weight excluding hydrogens is 542 g/mol. The first-order valence-corrected chi connectivity index (χ1v) is 15.5. The maximum Gasteiger partial charge on any atom is 0.500 e. The van der Waals surface area contributed by atoms with E-state index in [2.05, 4.69) is 13.2 Å². The van der Waals surface area contributed by atoms with Crippen LogP contribution in [0.3, 0.4) is 0 Å². The Morgan fingerprint density at radius 3 is 1.35 bits per heavy atom. The van der Waals surface area contributed by atoms with Gasteiger partial charge in [-0.15, -0.1) is 0 Å². The van der Waals surface area contributed by atoms with Gasteiger partial charge in [0.15, 0.2) is 0 Å². The van der Waals surface area contributed by atoms with Gasteiger partial charge in [0.25, 0.3) is 0 Å². The first-order chi connectivity index (χ1) is 19.0. The van der Waals surface area contributed by atoms with Crippen LogP contribution < -0.4 is 0 Å². The van der Waals surface area contributed by atoms with E-state index < -0.39 is 32.7 Å². The molecule has 12 nitrogen and oxygen atoms in total. The van der Waals surface area contributed by atoms with Crippen LogP contribution in [-0.2, 0) is 51.4 Å². The Labute approximate surface area is 239 Å². The normalized spacial score (nSPS) is 11.2. The fraction of sp³-hybridized carbons (Fsp3) is 0.704. The summed E-state index contributed by atoms with van der Waals surface area (Å²) in [5, 5.41) is 0. The van der Waals surface area contributed by atoms with Crippen molar-refractivity contribution in [2.75, 3.05) is 65.9 Å². The summed E-state index contributed by atoms with van der Waals surface area (Å²) in [7, 11) is -2.84. The van der Waals surface area contributed by atoms with Gasteiger partial charge in [-0.1, -0.05) is 13.2 Å². The van der Waals surface area contributed by atoms with Crippen molar-refractivity contribution in [1.82, 2.24) is 4.90 Å². The minimum atomic E-state index is -2.84. The average molecular weight is 590 g/mol. The summed E-state index contributed by atoms with van der Waals surface area (Å²) in [4.78, 5) is 49.2. The number of hydrogen-bond acceptors (Lipinski definition) is 12. The molecule has 0 spiro atoms. The molecule has 0 aromatic carbocycles. The van der Waals surface area contributed by atoms with E-state index in [1.54, 1.807) is 0 Å². The molecule has 0 saturated heterocycles. The summed E-state index contributed by atoms with van der Waals surface area (Å²) >= 11 is 0. The summed E-state index contributed by atoms with van der Waals surface area (Å²) in [6.07, 6.45) is 0.806. The molecule has 0 amide bonds. The molecule has 0 rings (SSSR count). The van der Waals surface area contributed by atoms with Crippen molar-refractivity contribution in [3.63, 3.8) is 0 Å². The number of ether oxygens (including phenoxy) is 4. The third-order valence-corrected chi connectivity index (χ3v) is 8.32. The maximum absolute atomic E-state index is 12.2. The van der Waals surface area contributed by atoms with Gasteiger partial charge in [-0.3, -0.25) is 9.59 Å². The van der Waals surface area contributed by atoms with E-state index >= 15 is 0 Å². The lowest BCUT2D eigenvalue weighted by Crippen LogP contribution is -2.46. The Morgan fingerprint density at radius 1 is 0.625 bits per heavy atom. The zero-order valence-corrected chi connectivity index (χ0v) is 25.8. The third kappa shape index (κ3) is 17.9. The molecule has 0 aliphatic rings. The van der Waals surface area contributed by atoms with Crippen LogP contribution in [0.4, 0.5) is 0 Å². The number of carbonyl (C=O) groups is 4. The van der Waals surface area contributed by atoms with E-state index in [1.807, 2.05) is 25.7 Å². The molecule has 0 aliphatic heterocycles. The fourth-order valence-electron chi connectivity index (χ4n) is 3.33. The first kappa shape index (κ1) is 37.4. The van der Waals surface area contributed by atoms with Crippen molar-refractivity contribution >= 4 is 32.7 Å². The minimum absolute atomic E-state index is 0.0618. The molecule has 0 bridgehead atoms. The average Bonchev–Trinajstić information content (AvgIpc) is 2.90. The zero-order valence-electron chi connectivity index (χ0n) is 24.8. The highest BCUT2D eigenvalue weighted by molar-refractivity contribution is 6.60. The molecule has 0 unspecified atom stereocenters. The Morgan fingerprint density at radius 2 is 1.00 bits per heavy atom. The van der Waals surface area contributed by atoms with E-state index in [-0.39, 0.29) is 50.4 Å². The highest BCUT2D eigenvalue weighted by Gasteiger charge is 2.39. The smallest absolute Gasteiger partial charge is 0.462 e. The SMILES string of the molecule is C=C(C)C(=O)OCCOC(=O)CCN(CCC[Si](OCC)(OCC)OCC)CCC(=O)OCCOC(=O)C(=C)C. The second kappa shape index (κ2) is 22.1. The summed E-state index contributed by atoms with van der Waals surface area (Å²) < 4.78 is 37.8. The van der Waals surface area contributed by atoms with Crippen LogP contribution in [0.25, 0.3) is 0 Å². The molecule has 0 aromatic rings. The van der Waals surface area contributed by atoms with Crippen molar-refractivity contribution in [2.24, 2.45) is 0 Å². The van der Waals surface area contributed by atoms with Gasteiger partial charge in [0, 0.05) is 50.1 Å². The monoisotopic (exact) mass is 589 g/mol. The van der Waals surface area contributed by atoms with Gasteiger partial charge in [-0.05, 0) is 47.6 Å². The van der Waals surface area contributed by atoms with E-state index in [0.717, 1.165) is 0 Å². The first-order valence-electron chi connectivity index (χ1n) is 13.6. The third-order valence-electron chi connectivity index (χ3n) is 5.17. The van der Waals surface area contributed by atoms with Crippen molar-refractivity contribution in [3.05, 3.63) is 24.3 Å². The van der Waals surface area contributed by atoms with E-state index in [1.165, 1.54) is 13.8 Å². The van der Waals surface area contributed by atoms with Gasteiger partial charge in [-0.2, -0.15) is 0 Å². The molecule has 0 radical (unpaired) electrons. The summed E-state index contributed by atoms with van der Waals surface area (Å²) in [6.45, 7) is 18.1. The van der Waals surface area contributed by atoms with Gasteiger partial charge in [0.1, 0.15) is 26.4 Å². The Kier molecular flexibility index (Phi) is 20.7. The van der Waals surface area contributed by atoms with E-state index in [4.69, 9.17) is 32.2 Å².